The summed E-state index contributed by atoms with van der Waals surface area (Å²) in [5, 5.41) is 10.4. The Labute approximate surface area is 128 Å². The van der Waals surface area contributed by atoms with E-state index in [-0.39, 0.29) is 11.4 Å². The topological polar surface area (TPSA) is 56.6 Å². The Balaban J connectivity index is 2.10. The number of H-pyrrole nitrogens is 1. The molecule has 106 valence electrons. The lowest BCUT2D eigenvalue weighted by molar-refractivity contribution is 0.104. The minimum absolute atomic E-state index is 0.138. The van der Waals surface area contributed by atoms with Crippen LogP contribution in [0, 0.1) is 18.3 Å². The molecule has 0 saturated carbocycles. The second kappa shape index (κ2) is 5.71. The molecule has 0 bridgehead atoms. The molecule has 3 heteroatoms. The van der Waals surface area contributed by atoms with E-state index in [1.165, 1.54) is 0 Å². The van der Waals surface area contributed by atoms with Gasteiger partial charge in [0.2, 0.25) is 5.78 Å². The zero-order valence-corrected chi connectivity index (χ0v) is 12.1. The number of para-hydroxylation sites is 1. The normalized spacial score (nSPS) is 11.4. The number of carbonyl (C=O) groups excluding carboxylic acids is 1. The highest BCUT2D eigenvalue weighted by atomic mass is 16.1. The van der Waals surface area contributed by atoms with Crippen molar-refractivity contribution in [2.75, 3.05) is 0 Å². The third-order valence-corrected chi connectivity index (χ3v) is 3.63. The Kier molecular flexibility index (Phi) is 3.59. The van der Waals surface area contributed by atoms with Crippen LogP contribution in [0.3, 0.4) is 0 Å². The summed E-state index contributed by atoms with van der Waals surface area (Å²) in [6.45, 7) is 1.94. The van der Waals surface area contributed by atoms with Gasteiger partial charge in [0.05, 0.1) is 0 Å². The van der Waals surface area contributed by atoms with Crippen LogP contribution in [-0.4, -0.2) is 10.8 Å². The Morgan fingerprint density at radius 1 is 1.09 bits per heavy atom. The molecule has 3 aromatic rings. The number of nitrogens with one attached hydrogen (secondary N) is 1. The first kappa shape index (κ1) is 13.8. The summed E-state index contributed by atoms with van der Waals surface area (Å²) in [5.41, 5.74) is 3.48. The van der Waals surface area contributed by atoms with Gasteiger partial charge in [0.25, 0.3) is 0 Å². The van der Waals surface area contributed by atoms with Gasteiger partial charge in [-0.2, -0.15) is 5.26 Å². The van der Waals surface area contributed by atoms with Gasteiger partial charge in [-0.15, -0.1) is 0 Å². The fourth-order valence-electron chi connectivity index (χ4n) is 2.52. The van der Waals surface area contributed by atoms with E-state index in [1.807, 2.05) is 43.3 Å². The van der Waals surface area contributed by atoms with E-state index in [2.05, 4.69) is 4.98 Å². The highest BCUT2D eigenvalue weighted by Gasteiger charge is 2.14. The molecule has 0 fully saturated rings. The molecule has 0 atom stereocenters. The van der Waals surface area contributed by atoms with Crippen LogP contribution < -0.4 is 0 Å². The van der Waals surface area contributed by atoms with Gasteiger partial charge < -0.3 is 4.98 Å². The standard InChI is InChI=1S/C19H14N2O/c1-13-17(16-9-5-6-10-18(16)21-13)11-15(12-20)19(22)14-7-3-2-4-8-14/h2-11,21H,1H3/b15-11+. The summed E-state index contributed by atoms with van der Waals surface area (Å²) in [5.74, 6) is -0.257. The van der Waals surface area contributed by atoms with E-state index < -0.39 is 0 Å². The molecule has 0 amide bonds. The first-order valence-electron chi connectivity index (χ1n) is 6.99. The number of hydrogen-bond acceptors (Lipinski definition) is 2. The van der Waals surface area contributed by atoms with Gasteiger partial charge in [-0.1, -0.05) is 48.5 Å². The number of aryl methyl sites for hydroxylation is 1. The number of aromatic amines is 1. The number of nitrogens with zero attached hydrogens (tertiary/aromatic N) is 1. The number of hydrogen-bond donors (Lipinski definition) is 1. The van der Waals surface area contributed by atoms with E-state index in [9.17, 15) is 10.1 Å². The third kappa shape index (κ3) is 2.43. The molecule has 0 aliphatic rings. The molecule has 0 saturated heterocycles. The summed E-state index contributed by atoms with van der Waals surface area (Å²) in [7, 11) is 0. The van der Waals surface area contributed by atoms with Crippen LogP contribution >= 0.6 is 0 Å². The average molecular weight is 286 g/mol. The SMILES string of the molecule is Cc1[nH]c2ccccc2c1/C=C(\C#N)C(=O)c1ccccc1. The lowest BCUT2D eigenvalue weighted by atomic mass is 10.0. The molecule has 3 nitrogen and oxygen atoms in total. The number of fused-ring (bicyclic) bond motifs is 1. The van der Waals surface area contributed by atoms with Crippen LogP contribution in [0.1, 0.15) is 21.6 Å². The van der Waals surface area contributed by atoms with E-state index in [0.717, 1.165) is 22.2 Å². The van der Waals surface area contributed by atoms with E-state index in [1.54, 1.807) is 30.3 Å². The smallest absolute Gasteiger partial charge is 0.203 e. The maximum absolute atomic E-state index is 12.4. The molecule has 0 unspecified atom stereocenters. The number of aromatic nitrogens is 1. The molecular formula is C19H14N2O. The molecular weight excluding hydrogens is 272 g/mol. The molecule has 0 aliphatic carbocycles. The van der Waals surface area contributed by atoms with Gasteiger partial charge in [-0.25, -0.2) is 0 Å². The minimum atomic E-state index is -0.257. The Bertz CT molecular complexity index is 912. The van der Waals surface area contributed by atoms with Crippen LogP contribution in [0.2, 0.25) is 0 Å². The van der Waals surface area contributed by atoms with Crippen molar-refractivity contribution in [3.8, 4) is 6.07 Å². The second-order valence-electron chi connectivity index (χ2n) is 5.07. The van der Waals surface area contributed by atoms with E-state index in [4.69, 9.17) is 0 Å². The molecule has 0 radical (unpaired) electrons. The summed E-state index contributed by atoms with van der Waals surface area (Å²) < 4.78 is 0. The van der Waals surface area contributed by atoms with Crippen LogP contribution in [0.15, 0.2) is 60.2 Å². The Morgan fingerprint density at radius 2 is 1.77 bits per heavy atom. The average Bonchev–Trinajstić information content (AvgIpc) is 2.88. The van der Waals surface area contributed by atoms with Gasteiger partial charge in [0, 0.05) is 27.7 Å². The molecule has 1 heterocycles. The van der Waals surface area contributed by atoms with Crippen molar-refractivity contribution in [1.82, 2.24) is 4.98 Å². The van der Waals surface area contributed by atoms with Crippen molar-refractivity contribution in [3.05, 3.63) is 77.0 Å². The van der Waals surface area contributed by atoms with Crippen LogP contribution in [0.4, 0.5) is 0 Å². The zero-order chi connectivity index (χ0) is 15.5. The Morgan fingerprint density at radius 3 is 2.50 bits per heavy atom. The number of ketones is 1. The quantitative estimate of drug-likeness (QED) is 0.444. The van der Waals surface area contributed by atoms with Crippen LogP contribution in [0.5, 0.6) is 0 Å². The third-order valence-electron chi connectivity index (χ3n) is 3.63. The first-order valence-corrected chi connectivity index (χ1v) is 6.99. The number of rotatable bonds is 3. The molecule has 1 N–H and O–H groups in total. The molecule has 3 rings (SSSR count). The van der Waals surface area contributed by atoms with Crippen molar-refractivity contribution >= 4 is 22.8 Å². The molecule has 22 heavy (non-hydrogen) atoms. The van der Waals surface area contributed by atoms with Gasteiger partial charge in [0.15, 0.2) is 0 Å². The highest BCUT2D eigenvalue weighted by Crippen LogP contribution is 2.25. The Hall–Kier alpha value is -3.12. The highest BCUT2D eigenvalue weighted by molar-refractivity contribution is 6.14. The maximum Gasteiger partial charge on any atom is 0.203 e. The lowest BCUT2D eigenvalue weighted by Gasteiger charge is -2.00. The van der Waals surface area contributed by atoms with Crippen molar-refractivity contribution in [1.29, 1.82) is 5.26 Å². The van der Waals surface area contributed by atoms with Gasteiger partial charge >= 0.3 is 0 Å². The largest absolute Gasteiger partial charge is 0.358 e. The van der Waals surface area contributed by atoms with Crippen LogP contribution in [0.25, 0.3) is 17.0 Å². The second-order valence-corrected chi connectivity index (χ2v) is 5.07. The predicted molar refractivity (Wildman–Crippen MR) is 87.4 cm³/mol. The molecule has 2 aromatic carbocycles. The maximum atomic E-state index is 12.4. The number of nitriles is 1. The molecule has 0 spiro atoms. The minimum Gasteiger partial charge on any atom is -0.358 e. The van der Waals surface area contributed by atoms with Crippen molar-refractivity contribution < 1.29 is 4.79 Å². The van der Waals surface area contributed by atoms with Gasteiger partial charge in [0.1, 0.15) is 11.6 Å². The summed E-state index contributed by atoms with van der Waals surface area (Å²) >= 11 is 0. The number of benzene rings is 2. The summed E-state index contributed by atoms with van der Waals surface area (Å²) in [6, 6.07) is 18.7. The zero-order valence-electron chi connectivity index (χ0n) is 12.1. The van der Waals surface area contributed by atoms with E-state index >= 15 is 0 Å². The summed E-state index contributed by atoms with van der Waals surface area (Å²) in [6.07, 6.45) is 1.67. The number of Topliss-reactive ketones (excluding diaryl/α,β-unsaturated/α-hetero) is 1. The number of allylic oxidation sites excluding steroid dienone is 1. The predicted octanol–water partition coefficient (Wildman–Crippen LogP) is 4.27. The fraction of sp³-hybridized carbons (Fsp3) is 0.0526. The van der Waals surface area contributed by atoms with Crippen LogP contribution in [-0.2, 0) is 0 Å². The van der Waals surface area contributed by atoms with E-state index in [0.29, 0.717) is 5.56 Å². The van der Waals surface area contributed by atoms with Crippen molar-refractivity contribution in [2.24, 2.45) is 0 Å². The monoisotopic (exact) mass is 286 g/mol. The van der Waals surface area contributed by atoms with Crippen molar-refractivity contribution in [3.63, 3.8) is 0 Å². The molecule has 0 aliphatic heterocycles. The van der Waals surface area contributed by atoms with Crippen molar-refractivity contribution in [2.45, 2.75) is 6.92 Å². The summed E-state index contributed by atoms with van der Waals surface area (Å²) in [4.78, 5) is 15.7. The lowest BCUT2D eigenvalue weighted by Crippen LogP contribution is -2.01. The number of carbonyl (C=O) groups is 1. The van der Waals surface area contributed by atoms with Gasteiger partial charge in [-0.3, -0.25) is 4.79 Å². The van der Waals surface area contributed by atoms with Gasteiger partial charge in [-0.05, 0) is 19.1 Å². The first-order chi connectivity index (χ1) is 10.7. The fourth-order valence-corrected chi connectivity index (χ4v) is 2.52. The molecule has 1 aromatic heterocycles.